The molecule has 0 aliphatic rings. The molecule has 0 saturated heterocycles. The van der Waals surface area contributed by atoms with Crippen molar-refractivity contribution in [2.24, 2.45) is 0 Å². The van der Waals surface area contributed by atoms with Crippen LogP contribution in [0, 0.1) is 0 Å². The minimum atomic E-state index is 0.424. The van der Waals surface area contributed by atoms with Crippen molar-refractivity contribution in [3.63, 3.8) is 0 Å². The largest absolute Gasteiger partial charge is 0.455 e. The molecular weight excluding hydrogens is 1050 g/mol. The van der Waals surface area contributed by atoms with Crippen molar-refractivity contribution in [3.05, 3.63) is 254 Å². The minimum Gasteiger partial charge on any atom is -0.455 e. The van der Waals surface area contributed by atoms with E-state index in [1.165, 1.54) is 87.3 Å². The third-order valence-corrected chi connectivity index (χ3v) is 19.0. The van der Waals surface area contributed by atoms with Crippen molar-refractivity contribution in [3.8, 4) is 0 Å². The van der Waals surface area contributed by atoms with Gasteiger partial charge < -0.3 is 27.4 Å². The highest BCUT2D eigenvalue weighted by Gasteiger charge is 2.26. The predicted octanol–water partition coefficient (Wildman–Crippen LogP) is 23.3. The quantitative estimate of drug-likeness (QED) is 0.152. The van der Waals surface area contributed by atoms with Crippen LogP contribution in [-0.4, -0.2) is 8.80 Å². The Morgan fingerprint density at radius 1 is 0.267 bits per heavy atom. The van der Waals surface area contributed by atoms with E-state index in [1.807, 2.05) is 0 Å². The number of hydrogen-bond donors (Lipinski definition) is 0. The van der Waals surface area contributed by atoms with Crippen LogP contribution >= 0.6 is 0 Å². The zero-order valence-electron chi connectivity index (χ0n) is 47.9. The molecule has 19 rings (SSSR count). The summed E-state index contributed by atoms with van der Waals surface area (Å²) in [7, 11) is 0. The Bertz CT molecular complexity index is 5500. The lowest BCUT2D eigenvalue weighted by molar-refractivity contribution is 0.667. The van der Waals surface area contributed by atoms with Gasteiger partial charge in [-0.3, -0.25) is 0 Å². The van der Waals surface area contributed by atoms with E-state index in [9.17, 15) is 0 Å². The van der Waals surface area contributed by atoms with Gasteiger partial charge in [-0.1, -0.05) is 137 Å². The molecule has 0 bridgehead atoms. The van der Waals surface area contributed by atoms with Gasteiger partial charge in [0.1, 0.15) is 22.3 Å². The molecule has 13 aromatic carbocycles. The average molecular weight is 1100 g/mol. The Labute approximate surface area is 493 Å². The van der Waals surface area contributed by atoms with E-state index in [4.69, 9.17) is 8.83 Å². The Hall–Kier alpha value is -10.8. The van der Waals surface area contributed by atoms with Crippen LogP contribution in [0.4, 0.5) is 34.1 Å². The van der Waals surface area contributed by atoms with Crippen molar-refractivity contribution in [1.29, 1.82) is 0 Å². The van der Waals surface area contributed by atoms with Gasteiger partial charge in [0.2, 0.25) is 0 Å². The van der Waals surface area contributed by atoms with Crippen LogP contribution in [0.25, 0.3) is 142 Å². The van der Waals surface area contributed by atoms with Crippen LogP contribution in [0.2, 0.25) is 0 Å². The molecule has 19 aromatic rings. The summed E-state index contributed by atoms with van der Waals surface area (Å²) in [5.41, 5.74) is 20.1. The highest BCUT2D eigenvalue weighted by atomic mass is 16.3. The highest BCUT2D eigenvalue weighted by molar-refractivity contribution is 6.27. The number of fused-ring (bicyclic) bond motifs is 22. The Kier molecular flexibility index (Phi) is 9.63. The topological polar surface area (TPSA) is 41.6 Å². The van der Waals surface area contributed by atoms with Gasteiger partial charge in [-0.15, -0.1) is 0 Å². The standard InChI is InChI=1S/C80H54N4O2/c1-45(2)47-21-27-51(28-22-47)81(55-39-67-59-13-5-9-17-71(59)83-72-18-10-6-14-60(72)68(40-55)77(67)83)53-31-35-57-49(37-53)25-33-63-65-43-76-66(44-75(65)85-79(57)63)64-34-26-50-38-54(32-36-58(50)80(64)86-76)82(52-29-23-48(24-30-52)46(3)4)56-41-69-61-15-7-11-19-73(61)84-74-20-12-8-16-62(74)70(42-56)78(69)84/h5-46H,1-4H3. The van der Waals surface area contributed by atoms with Gasteiger partial charge in [0.15, 0.2) is 0 Å². The second-order valence-corrected chi connectivity index (χ2v) is 24.4. The zero-order chi connectivity index (χ0) is 56.8. The summed E-state index contributed by atoms with van der Waals surface area (Å²) in [5.74, 6) is 0.847. The molecule has 0 fully saturated rings. The van der Waals surface area contributed by atoms with Gasteiger partial charge in [-0.25, -0.2) is 0 Å². The summed E-state index contributed by atoms with van der Waals surface area (Å²) >= 11 is 0. The molecule has 6 heteroatoms. The van der Waals surface area contributed by atoms with Crippen molar-refractivity contribution < 1.29 is 8.83 Å². The maximum Gasteiger partial charge on any atom is 0.143 e. The molecule has 6 aromatic heterocycles. The Balaban J connectivity index is 0.730. The summed E-state index contributed by atoms with van der Waals surface area (Å²) in [5, 5.41) is 18.6. The van der Waals surface area contributed by atoms with Gasteiger partial charge in [-0.05, 0) is 167 Å². The van der Waals surface area contributed by atoms with Gasteiger partial charge in [0.05, 0.1) is 33.1 Å². The molecule has 406 valence electrons. The second kappa shape index (κ2) is 17.4. The highest BCUT2D eigenvalue weighted by Crippen LogP contribution is 2.49. The SMILES string of the molecule is CC(C)c1ccc(N(c2ccc3c(ccc4c5cc6oc7c8ccc(N(c9ccc(C(C)C)cc9)c9cc%10c%11ccccc%11n%11c%12ccccc%12c(c9)c%10%11)cc8ccc7c6cc5oc34)c2)c2cc3c4ccccc4n4c5ccccc5c(c2)c34)cc1. The molecule has 0 unspecified atom stereocenters. The smallest absolute Gasteiger partial charge is 0.143 e. The van der Waals surface area contributed by atoms with Crippen LogP contribution in [0.3, 0.4) is 0 Å². The molecular formula is C80H54N4O2. The normalized spacial score (nSPS) is 12.6. The number of aromatic nitrogens is 2. The molecule has 0 radical (unpaired) electrons. The van der Waals surface area contributed by atoms with Crippen LogP contribution in [-0.2, 0) is 0 Å². The first-order chi connectivity index (χ1) is 42.3. The van der Waals surface area contributed by atoms with E-state index in [0.717, 1.165) is 99.5 Å². The lowest BCUT2D eigenvalue weighted by atomic mass is 10.0. The molecule has 0 saturated carbocycles. The van der Waals surface area contributed by atoms with Gasteiger partial charge in [-0.2, -0.15) is 0 Å². The van der Waals surface area contributed by atoms with Crippen LogP contribution in [0.15, 0.2) is 251 Å². The second-order valence-electron chi connectivity index (χ2n) is 24.4. The average Bonchev–Trinajstić information content (AvgIpc) is 1.62. The summed E-state index contributed by atoms with van der Waals surface area (Å²) in [6.45, 7) is 9.02. The van der Waals surface area contributed by atoms with Gasteiger partial charge >= 0.3 is 0 Å². The number of benzene rings is 13. The lowest BCUT2D eigenvalue weighted by Gasteiger charge is -2.26. The summed E-state index contributed by atoms with van der Waals surface area (Å²) in [6, 6.07) is 90.1. The fourth-order valence-electron chi connectivity index (χ4n) is 14.9. The van der Waals surface area contributed by atoms with Gasteiger partial charge in [0.25, 0.3) is 0 Å². The van der Waals surface area contributed by atoms with Crippen LogP contribution in [0.1, 0.15) is 50.7 Å². The maximum atomic E-state index is 7.00. The number of rotatable bonds is 8. The first-order valence-corrected chi connectivity index (χ1v) is 30.1. The monoisotopic (exact) mass is 1100 g/mol. The number of furan rings is 2. The number of nitrogens with zero attached hydrogens (tertiary/aromatic N) is 4. The molecule has 0 N–H and O–H groups in total. The molecule has 6 nitrogen and oxygen atoms in total. The van der Waals surface area contributed by atoms with Gasteiger partial charge in [0, 0.05) is 110 Å². The minimum absolute atomic E-state index is 0.424. The molecule has 6 heterocycles. The summed E-state index contributed by atoms with van der Waals surface area (Å²) < 4.78 is 18.9. The van der Waals surface area contributed by atoms with Crippen molar-refractivity contribution in [1.82, 2.24) is 8.80 Å². The van der Waals surface area contributed by atoms with E-state index in [1.54, 1.807) is 0 Å². The van der Waals surface area contributed by atoms with E-state index in [2.05, 4.69) is 289 Å². The Morgan fingerprint density at radius 2 is 0.593 bits per heavy atom. The predicted molar refractivity (Wildman–Crippen MR) is 363 cm³/mol. The number of anilines is 6. The maximum absolute atomic E-state index is 7.00. The van der Waals surface area contributed by atoms with E-state index in [-0.39, 0.29) is 0 Å². The van der Waals surface area contributed by atoms with Crippen molar-refractivity contribution >= 4 is 176 Å². The van der Waals surface area contributed by atoms with Crippen molar-refractivity contribution in [2.45, 2.75) is 39.5 Å². The fraction of sp³-hybridized carbons (Fsp3) is 0.0750. The zero-order valence-corrected chi connectivity index (χ0v) is 47.9. The summed E-state index contributed by atoms with van der Waals surface area (Å²) in [6.07, 6.45) is 0. The third kappa shape index (κ3) is 6.55. The number of para-hydroxylation sites is 4. The first-order valence-electron chi connectivity index (χ1n) is 30.1. The third-order valence-electron chi connectivity index (χ3n) is 19.0. The fourth-order valence-corrected chi connectivity index (χ4v) is 14.9. The molecule has 0 aliphatic carbocycles. The molecule has 0 amide bonds. The van der Waals surface area contributed by atoms with Crippen LogP contribution < -0.4 is 9.80 Å². The molecule has 0 spiro atoms. The van der Waals surface area contributed by atoms with E-state index < -0.39 is 0 Å². The lowest BCUT2D eigenvalue weighted by Crippen LogP contribution is -2.10. The van der Waals surface area contributed by atoms with Crippen LogP contribution in [0.5, 0.6) is 0 Å². The summed E-state index contributed by atoms with van der Waals surface area (Å²) in [4.78, 5) is 4.85. The van der Waals surface area contributed by atoms with Crippen molar-refractivity contribution in [2.75, 3.05) is 9.80 Å². The number of hydrogen-bond acceptors (Lipinski definition) is 4. The van der Waals surface area contributed by atoms with E-state index in [0.29, 0.717) is 11.8 Å². The molecule has 0 aliphatic heterocycles. The Morgan fingerprint density at radius 3 is 0.942 bits per heavy atom. The first kappa shape index (κ1) is 47.6. The molecule has 0 atom stereocenters. The molecule has 86 heavy (non-hydrogen) atoms. The van der Waals surface area contributed by atoms with E-state index >= 15 is 0 Å².